The van der Waals surface area contributed by atoms with Crippen LogP contribution < -0.4 is 0 Å². The fourth-order valence-corrected chi connectivity index (χ4v) is 5.98. The van der Waals surface area contributed by atoms with E-state index in [1.54, 1.807) is 0 Å². The van der Waals surface area contributed by atoms with Crippen LogP contribution in [0.4, 0.5) is 0 Å². The molecule has 8 rings (SSSR count). The van der Waals surface area contributed by atoms with E-state index in [1.165, 1.54) is 43.5 Å². The summed E-state index contributed by atoms with van der Waals surface area (Å²) in [6.07, 6.45) is 0. The topological polar surface area (TPSA) is 18.1 Å². The summed E-state index contributed by atoms with van der Waals surface area (Å²) in [4.78, 5) is 0. The highest BCUT2D eigenvalue weighted by Crippen LogP contribution is 2.41. The van der Waals surface area contributed by atoms with Crippen LogP contribution in [-0.4, -0.2) is 4.57 Å². The Kier molecular flexibility index (Phi) is 4.18. The van der Waals surface area contributed by atoms with Crippen molar-refractivity contribution in [2.45, 2.75) is 6.92 Å². The largest absolute Gasteiger partial charge is 0.455 e. The lowest BCUT2D eigenvalue weighted by atomic mass is 10.00. The fourth-order valence-electron chi connectivity index (χ4n) is 5.98. The summed E-state index contributed by atoms with van der Waals surface area (Å²) in [6, 6.07) is 43.5. The van der Waals surface area contributed by atoms with Crippen LogP contribution in [0, 0.1) is 6.92 Å². The summed E-state index contributed by atoms with van der Waals surface area (Å²) in [7, 11) is 0. The van der Waals surface area contributed by atoms with Crippen LogP contribution in [0.2, 0.25) is 0 Å². The van der Waals surface area contributed by atoms with E-state index in [0.717, 1.165) is 33.4 Å². The van der Waals surface area contributed by atoms with Crippen LogP contribution in [0.5, 0.6) is 0 Å². The van der Waals surface area contributed by atoms with Gasteiger partial charge >= 0.3 is 0 Å². The molecule has 37 heavy (non-hydrogen) atoms. The molecule has 2 nitrogen and oxygen atoms in total. The molecule has 0 amide bonds. The molecule has 0 aliphatic heterocycles. The van der Waals surface area contributed by atoms with Gasteiger partial charge in [0.1, 0.15) is 11.2 Å². The van der Waals surface area contributed by atoms with Gasteiger partial charge in [-0.1, -0.05) is 84.9 Å². The minimum Gasteiger partial charge on any atom is -0.455 e. The van der Waals surface area contributed by atoms with Crippen LogP contribution in [0.25, 0.3) is 71.3 Å². The molecule has 0 spiro atoms. The van der Waals surface area contributed by atoms with Crippen molar-refractivity contribution in [1.82, 2.24) is 4.57 Å². The second kappa shape index (κ2) is 7.59. The van der Waals surface area contributed by atoms with Crippen molar-refractivity contribution >= 4 is 54.5 Å². The van der Waals surface area contributed by atoms with Crippen molar-refractivity contribution in [2.24, 2.45) is 0 Å². The molecule has 0 aliphatic rings. The molecule has 0 aliphatic carbocycles. The lowest BCUT2D eigenvalue weighted by molar-refractivity contribution is 0.670. The standard InChI is InChI=1S/C35H23NO/c1-22-10-9-17-33-34(22)30-21-26(20-28(35(30)37-33)23-11-3-2-4-12-23)36-31-16-8-7-15-27(31)29-18-24-13-5-6-14-25(24)19-32(29)36/h2-21H,1H3. The first-order chi connectivity index (χ1) is 18.3. The van der Waals surface area contributed by atoms with Gasteiger partial charge in [-0.3, -0.25) is 0 Å². The zero-order chi connectivity index (χ0) is 24.5. The highest BCUT2D eigenvalue weighted by Gasteiger charge is 2.19. The number of nitrogens with zero attached hydrogens (tertiary/aromatic N) is 1. The molecule has 0 bridgehead atoms. The second-order valence-corrected chi connectivity index (χ2v) is 9.86. The average molecular weight is 474 g/mol. The van der Waals surface area contributed by atoms with Crippen LogP contribution in [0.3, 0.4) is 0 Å². The molecule has 0 saturated heterocycles. The molecule has 0 atom stereocenters. The summed E-state index contributed by atoms with van der Waals surface area (Å²) in [5.41, 5.74) is 8.90. The SMILES string of the molecule is Cc1cccc2oc3c(-c4ccccc4)cc(-n4c5ccccc5c5cc6ccccc6cc54)cc3c12. The Morgan fingerprint density at radius 2 is 1.32 bits per heavy atom. The van der Waals surface area contributed by atoms with Gasteiger partial charge in [0, 0.05) is 32.8 Å². The number of furan rings is 1. The Balaban J connectivity index is 1.56. The molecule has 0 radical (unpaired) electrons. The van der Waals surface area contributed by atoms with E-state index < -0.39 is 0 Å². The maximum Gasteiger partial charge on any atom is 0.143 e. The summed E-state index contributed by atoms with van der Waals surface area (Å²) >= 11 is 0. The van der Waals surface area contributed by atoms with Gasteiger partial charge < -0.3 is 8.98 Å². The minimum atomic E-state index is 0.928. The summed E-state index contributed by atoms with van der Waals surface area (Å²) in [5.74, 6) is 0. The molecule has 2 heteroatoms. The Morgan fingerprint density at radius 3 is 2.19 bits per heavy atom. The van der Waals surface area contributed by atoms with Gasteiger partial charge in [-0.05, 0) is 65.2 Å². The molecule has 0 unspecified atom stereocenters. The number of para-hydroxylation sites is 1. The quantitative estimate of drug-likeness (QED) is 0.244. The maximum absolute atomic E-state index is 6.51. The molecule has 6 aromatic carbocycles. The Hall–Kier alpha value is -4.82. The van der Waals surface area contributed by atoms with Crippen molar-refractivity contribution in [3.8, 4) is 16.8 Å². The molecular formula is C35H23NO. The van der Waals surface area contributed by atoms with Crippen molar-refractivity contribution in [2.75, 3.05) is 0 Å². The highest BCUT2D eigenvalue weighted by molar-refractivity contribution is 6.15. The van der Waals surface area contributed by atoms with E-state index in [4.69, 9.17) is 4.42 Å². The zero-order valence-electron chi connectivity index (χ0n) is 20.4. The van der Waals surface area contributed by atoms with Gasteiger partial charge in [0.25, 0.3) is 0 Å². The average Bonchev–Trinajstić information content (AvgIpc) is 3.48. The van der Waals surface area contributed by atoms with Crippen LogP contribution in [-0.2, 0) is 0 Å². The Morgan fingerprint density at radius 1 is 0.568 bits per heavy atom. The normalized spacial score (nSPS) is 11.9. The molecule has 8 aromatic rings. The smallest absolute Gasteiger partial charge is 0.143 e. The summed E-state index contributed by atoms with van der Waals surface area (Å²) in [6.45, 7) is 2.17. The number of aryl methyl sites for hydroxylation is 1. The third-order valence-corrected chi connectivity index (χ3v) is 7.67. The molecule has 2 heterocycles. The summed E-state index contributed by atoms with van der Waals surface area (Å²) in [5, 5.41) is 7.36. The van der Waals surface area contributed by atoms with Gasteiger partial charge in [-0.15, -0.1) is 0 Å². The van der Waals surface area contributed by atoms with Crippen molar-refractivity contribution in [3.63, 3.8) is 0 Å². The molecule has 0 fully saturated rings. The first-order valence-corrected chi connectivity index (χ1v) is 12.7. The fraction of sp³-hybridized carbons (Fsp3) is 0.0286. The van der Waals surface area contributed by atoms with Gasteiger partial charge in [0.15, 0.2) is 0 Å². The molecule has 2 aromatic heterocycles. The first-order valence-electron chi connectivity index (χ1n) is 12.7. The van der Waals surface area contributed by atoms with Crippen LogP contribution >= 0.6 is 0 Å². The van der Waals surface area contributed by atoms with Gasteiger partial charge in [0.05, 0.1) is 11.0 Å². The van der Waals surface area contributed by atoms with E-state index in [2.05, 4.69) is 133 Å². The van der Waals surface area contributed by atoms with E-state index >= 15 is 0 Å². The van der Waals surface area contributed by atoms with Gasteiger partial charge in [-0.25, -0.2) is 0 Å². The molecule has 174 valence electrons. The monoisotopic (exact) mass is 473 g/mol. The third-order valence-electron chi connectivity index (χ3n) is 7.67. The molecular weight excluding hydrogens is 450 g/mol. The van der Waals surface area contributed by atoms with E-state index in [9.17, 15) is 0 Å². The number of aromatic nitrogens is 1. The van der Waals surface area contributed by atoms with E-state index in [-0.39, 0.29) is 0 Å². The predicted molar refractivity (Wildman–Crippen MR) is 156 cm³/mol. The highest BCUT2D eigenvalue weighted by atomic mass is 16.3. The van der Waals surface area contributed by atoms with Crippen LogP contribution in [0.15, 0.2) is 126 Å². The third kappa shape index (κ3) is 2.93. The van der Waals surface area contributed by atoms with E-state index in [1.807, 2.05) is 0 Å². The van der Waals surface area contributed by atoms with Gasteiger partial charge in [0.2, 0.25) is 0 Å². The second-order valence-electron chi connectivity index (χ2n) is 9.86. The number of benzene rings is 6. The van der Waals surface area contributed by atoms with Gasteiger partial charge in [-0.2, -0.15) is 0 Å². The maximum atomic E-state index is 6.51. The van der Waals surface area contributed by atoms with E-state index in [0.29, 0.717) is 0 Å². The minimum absolute atomic E-state index is 0.928. The Bertz CT molecular complexity index is 2140. The Labute approximate surface area is 214 Å². The molecule has 0 saturated carbocycles. The summed E-state index contributed by atoms with van der Waals surface area (Å²) < 4.78 is 8.93. The molecule has 0 N–H and O–H groups in total. The number of rotatable bonds is 2. The van der Waals surface area contributed by atoms with Crippen molar-refractivity contribution in [3.05, 3.63) is 127 Å². The lowest BCUT2D eigenvalue weighted by Gasteiger charge is -2.12. The van der Waals surface area contributed by atoms with Crippen LogP contribution in [0.1, 0.15) is 5.56 Å². The predicted octanol–water partition coefficient (Wildman–Crippen LogP) is 9.81. The lowest BCUT2D eigenvalue weighted by Crippen LogP contribution is -1.95. The van der Waals surface area contributed by atoms with Crippen molar-refractivity contribution < 1.29 is 4.42 Å². The number of hydrogen-bond acceptors (Lipinski definition) is 1. The first kappa shape index (κ1) is 20.4. The number of hydrogen-bond donors (Lipinski definition) is 0. The number of fused-ring (bicyclic) bond motifs is 7. The van der Waals surface area contributed by atoms with Crippen molar-refractivity contribution in [1.29, 1.82) is 0 Å². The zero-order valence-corrected chi connectivity index (χ0v) is 20.4.